The Morgan fingerprint density at radius 3 is 2.90 bits per heavy atom. The number of nitrogens with one attached hydrogen (secondary N) is 1. The summed E-state index contributed by atoms with van der Waals surface area (Å²) >= 11 is 0. The van der Waals surface area contributed by atoms with Crippen LogP contribution in [0, 0.1) is 5.82 Å². The second-order valence-electron chi connectivity index (χ2n) is 5.46. The lowest BCUT2D eigenvalue weighted by molar-refractivity contribution is -0.124. The molecular weight excluding hydrogens is 273 g/mol. The summed E-state index contributed by atoms with van der Waals surface area (Å²) in [5.41, 5.74) is 0.534. The molecule has 0 heterocycles. The van der Waals surface area contributed by atoms with E-state index in [4.69, 9.17) is 4.74 Å². The summed E-state index contributed by atoms with van der Waals surface area (Å²) in [7, 11) is 1.57. The zero-order chi connectivity index (χ0) is 15.2. The van der Waals surface area contributed by atoms with E-state index in [1.54, 1.807) is 25.3 Å². The SMILES string of the molecule is CO[C@@H]1CCC[C@@H](NC(=O)CCc2ccccc2F)[C@H]1O. The largest absolute Gasteiger partial charge is 0.388 e. The van der Waals surface area contributed by atoms with Crippen LogP contribution >= 0.6 is 0 Å². The number of methoxy groups -OCH3 is 1. The van der Waals surface area contributed by atoms with E-state index in [2.05, 4.69) is 5.32 Å². The molecule has 0 radical (unpaired) electrons. The average Bonchev–Trinajstić information content (AvgIpc) is 2.48. The van der Waals surface area contributed by atoms with E-state index >= 15 is 0 Å². The summed E-state index contributed by atoms with van der Waals surface area (Å²) in [6.07, 6.45) is 2.12. The number of aliphatic hydroxyl groups is 1. The molecule has 0 aliphatic heterocycles. The molecule has 21 heavy (non-hydrogen) atoms. The summed E-state index contributed by atoms with van der Waals surface area (Å²) in [5, 5.41) is 12.9. The van der Waals surface area contributed by atoms with Gasteiger partial charge in [0, 0.05) is 13.5 Å². The second-order valence-corrected chi connectivity index (χ2v) is 5.46. The number of amides is 1. The lowest BCUT2D eigenvalue weighted by Crippen LogP contribution is -2.51. The third kappa shape index (κ3) is 4.25. The van der Waals surface area contributed by atoms with E-state index in [0.29, 0.717) is 12.0 Å². The lowest BCUT2D eigenvalue weighted by Gasteiger charge is -2.34. The maximum atomic E-state index is 13.5. The molecule has 0 saturated heterocycles. The van der Waals surface area contributed by atoms with Crippen molar-refractivity contribution in [3.05, 3.63) is 35.6 Å². The van der Waals surface area contributed by atoms with Crippen molar-refractivity contribution in [2.24, 2.45) is 0 Å². The fourth-order valence-electron chi connectivity index (χ4n) is 2.78. The number of halogens is 1. The van der Waals surface area contributed by atoms with E-state index in [1.165, 1.54) is 6.07 Å². The summed E-state index contributed by atoms with van der Waals surface area (Å²) in [5.74, 6) is -0.457. The number of benzene rings is 1. The van der Waals surface area contributed by atoms with Crippen LogP contribution in [0.25, 0.3) is 0 Å². The van der Waals surface area contributed by atoms with E-state index in [-0.39, 0.29) is 30.3 Å². The molecule has 5 heteroatoms. The van der Waals surface area contributed by atoms with Gasteiger partial charge in [0.1, 0.15) is 11.9 Å². The Labute approximate surface area is 124 Å². The molecule has 1 aliphatic rings. The van der Waals surface area contributed by atoms with Crippen molar-refractivity contribution >= 4 is 5.91 Å². The molecule has 116 valence electrons. The first-order chi connectivity index (χ1) is 10.1. The van der Waals surface area contributed by atoms with Gasteiger partial charge in [-0.25, -0.2) is 4.39 Å². The van der Waals surface area contributed by atoms with Crippen molar-refractivity contribution in [2.45, 2.75) is 50.4 Å². The molecule has 1 saturated carbocycles. The zero-order valence-electron chi connectivity index (χ0n) is 12.2. The lowest BCUT2D eigenvalue weighted by atomic mass is 9.89. The first-order valence-corrected chi connectivity index (χ1v) is 7.35. The summed E-state index contributed by atoms with van der Waals surface area (Å²) in [4.78, 5) is 12.0. The number of ether oxygens (including phenoxy) is 1. The maximum absolute atomic E-state index is 13.5. The minimum Gasteiger partial charge on any atom is -0.388 e. The molecule has 1 aromatic rings. The van der Waals surface area contributed by atoms with Gasteiger partial charge in [-0.05, 0) is 37.3 Å². The number of aliphatic hydroxyl groups excluding tert-OH is 1. The van der Waals surface area contributed by atoms with Gasteiger partial charge in [0.2, 0.25) is 5.91 Å². The van der Waals surface area contributed by atoms with Crippen LogP contribution in [-0.2, 0) is 16.0 Å². The van der Waals surface area contributed by atoms with E-state index < -0.39 is 6.10 Å². The highest BCUT2D eigenvalue weighted by Gasteiger charge is 2.32. The van der Waals surface area contributed by atoms with Crippen molar-refractivity contribution in [1.82, 2.24) is 5.32 Å². The number of rotatable bonds is 5. The Bertz CT molecular complexity index is 480. The Kier molecular flexibility index (Phi) is 5.70. The topological polar surface area (TPSA) is 58.6 Å². The number of aryl methyl sites for hydroxylation is 1. The van der Waals surface area contributed by atoms with Gasteiger partial charge in [-0.3, -0.25) is 4.79 Å². The molecule has 4 nitrogen and oxygen atoms in total. The van der Waals surface area contributed by atoms with Gasteiger partial charge in [-0.2, -0.15) is 0 Å². The van der Waals surface area contributed by atoms with Crippen LogP contribution in [0.2, 0.25) is 0 Å². The predicted molar refractivity (Wildman–Crippen MR) is 77.3 cm³/mol. The molecule has 1 amide bonds. The van der Waals surface area contributed by atoms with Crippen molar-refractivity contribution < 1.29 is 19.0 Å². The van der Waals surface area contributed by atoms with Gasteiger partial charge in [0.05, 0.1) is 12.1 Å². The van der Waals surface area contributed by atoms with Gasteiger partial charge in [0.15, 0.2) is 0 Å². The number of carbonyl (C=O) groups is 1. The molecule has 1 aliphatic carbocycles. The third-order valence-corrected chi connectivity index (χ3v) is 4.03. The van der Waals surface area contributed by atoms with E-state index in [1.807, 2.05) is 0 Å². The minimum atomic E-state index is -0.679. The number of carbonyl (C=O) groups excluding carboxylic acids is 1. The quantitative estimate of drug-likeness (QED) is 0.871. The Balaban J connectivity index is 1.83. The summed E-state index contributed by atoms with van der Waals surface area (Å²) in [6, 6.07) is 6.17. The van der Waals surface area contributed by atoms with Gasteiger partial charge >= 0.3 is 0 Å². The first-order valence-electron chi connectivity index (χ1n) is 7.35. The van der Waals surface area contributed by atoms with E-state index in [0.717, 1.165) is 19.3 Å². The summed E-state index contributed by atoms with van der Waals surface area (Å²) < 4.78 is 18.7. The highest BCUT2D eigenvalue weighted by atomic mass is 19.1. The highest BCUT2D eigenvalue weighted by molar-refractivity contribution is 5.76. The molecule has 2 N–H and O–H groups in total. The van der Waals surface area contributed by atoms with Crippen molar-refractivity contribution in [3.63, 3.8) is 0 Å². The average molecular weight is 295 g/mol. The van der Waals surface area contributed by atoms with Crippen LogP contribution in [0.4, 0.5) is 4.39 Å². The molecule has 2 rings (SSSR count). The van der Waals surface area contributed by atoms with Gasteiger partial charge in [-0.15, -0.1) is 0 Å². The van der Waals surface area contributed by atoms with Crippen LogP contribution in [-0.4, -0.2) is 36.4 Å². The number of hydrogen-bond acceptors (Lipinski definition) is 3. The standard InChI is InChI=1S/C16H22FNO3/c1-21-14-8-4-7-13(16(14)20)18-15(19)10-9-11-5-2-3-6-12(11)17/h2-3,5-6,13-14,16,20H,4,7-10H2,1H3,(H,18,19)/t13-,14-,16-/m1/s1. The molecule has 1 fully saturated rings. The maximum Gasteiger partial charge on any atom is 0.220 e. The Hall–Kier alpha value is -1.46. The highest BCUT2D eigenvalue weighted by Crippen LogP contribution is 2.21. The molecule has 1 aromatic carbocycles. The predicted octanol–water partition coefficient (Wildman–Crippen LogP) is 1.80. The third-order valence-electron chi connectivity index (χ3n) is 4.03. The van der Waals surface area contributed by atoms with Crippen LogP contribution < -0.4 is 5.32 Å². The molecule has 0 aromatic heterocycles. The van der Waals surface area contributed by atoms with E-state index in [9.17, 15) is 14.3 Å². The molecule has 0 unspecified atom stereocenters. The first kappa shape index (κ1) is 15.9. The Morgan fingerprint density at radius 1 is 1.43 bits per heavy atom. The molecule has 3 atom stereocenters. The molecular formula is C16H22FNO3. The molecule has 0 bridgehead atoms. The van der Waals surface area contributed by atoms with Crippen molar-refractivity contribution in [1.29, 1.82) is 0 Å². The minimum absolute atomic E-state index is 0.168. The second kappa shape index (κ2) is 7.52. The summed E-state index contributed by atoms with van der Waals surface area (Å²) in [6.45, 7) is 0. The van der Waals surface area contributed by atoms with Crippen LogP contribution in [0.15, 0.2) is 24.3 Å². The van der Waals surface area contributed by atoms with Crippen molar-refractivity contribution in [3.8, 4) is 0 Å². The monoisotopic (exact) mass is 295 g/mol. The fourth-order valence-corrected chi connectivity index (χ4v) is 2.78. The van der Waals surface area contributed by atoms with Crippen LogP contribution in [0.3, 0.4) is 0 Å². The number of hydrogen-bond donors (Lipinski definition) is 2. The smallest absolute Gasteiger partial charge is 0.220 e. The van der Waals surface area contributed by atoms with Gasteiger partial charge in [-0.1, -0.05) is 18.2 Å². The normalized spacial score (nSPS) is 25.6. The fraction of sp³-hybridized carbons (Fsp3) is 0.562. The van der Waals surface area contributed by atoms with Gasteiger partial charge in [0.25, 0.3) is 0 Å². The van der Waals surface area contributed by atoms with Crippen LogP contribution in [0.1, 0.15) is 31.2 Å². The Morgan fingerprint density at radius 2 is 2.19 bits per heavy atom. The van der Waals surface area contributed by atoms with Gasteiger partial charge < -0.3 is 15.2 Å². The molecule has 0 spiro atoms. The zero-order valence-corrected chi connectivity index (χ0v) is 12.2. The van der Waals surface area contributed by atoms with Crippen LogP contribution in [0.5, 0.6) is 0 Å². The van der Waals surface area contributed by atoms with Crippen molar-refractivity contribution in [2.75, 3.05) is 7.11 Å².